The number of benzene rings is 2. The van der Waals surface area contributed by atoms with Crippen LogP contribution < -0.4 is 4.74 Å². The van der Waals surface area contributed by atoms with Gasteiger partial charge in [0.25, 0.3) is 0 Å². The van der Waals surface area contributed by atoms with Gasteiger partial charge in [0.15, 0.2) is 11.0 Å². The molecule has 2 aliphatic heterocycles. The summed E-state index contributed by atoms with van der Waals surface area (Å²) < 4.78 is 54.7. The Morgan fingerprint density at radius 3 is 2.34 bits per heavy atom. The number of esters is 1. The van der Waals surface area contributed by atoms with Crippen LogP contribution in [0.15, 0.2) is 42.5 Å². The molecule has 0 N–H and O–H groups in total. The van der Waals surface area contributed by atoms with Crippen molar-refractivity contribution >= 4 is 16.0 Å². The maximum atomic E-state index is 13.7. The van der Waals surface area contributed by atoms with Gasteiger partial charge >= 0.3 is 5.97 Å². The van der Waals surface area contributed by atoms with Crippen LogP contribution in [0, 0.1) is 6.92 Å². The van der Waals surface area contributed by atoms with Crippen LogP contribution in [-0.2, 0) is 33.8 Å². The predicted molar refractivity (Wildman–Crippen MR) is 156 cm³/mol. The van der Waals surface area contributed by atoms with Crippen molar-refractivity contribution in [1.82, 2.24) is 4.31 Å². The molecular weight excluding hydrogens is 546 g/mol. The van der Waals surface area contributed by atoms with E-state index in [1.807, 2.05) is 32.0 Å². The van der Waals surface area contributed by atoms with E-state index in [0.29, 0.717) is 45.8 Å². The fourth-order valence-electron chi connectivity index (χ4n) is 5.83. The highest BCUT2D eigenvalue weighted by Crippen LogP contribution is 2.38. The Labute approximate surface area is 244 Å². The lowest BCUT2D eigenvalue weighted by atomic mass is 9.87. The molecule has 2 aliphatic rings. The number of carbonyl (C=O) groups excluding carboxylic acids is 1. The van der Waals surface area contributed by atoms with Crippen molar-refractivity contribution in [2.75, 3.05) is 53.2 Å². The quantitative estimate of drug-likeness (QED) is 0.260. The molecule has 10 heteroatoms. The molecule has 2 fully saturated rings. The summed E-state index contributed by atoms with van der Waals surface area (Å²) in [4.78, 5) is 12.7. The monoisotopic (exact) mass is 589 g/mol. The van der Waals surface area contributed by atoms with E-state index in [1.165, 1.54) is 17.0 Å². The minimum absolute atomic E-state index is 0.119. The maximum Gasteiger partial charge on any atom is 0.328 e. The summed E-state index contributed by atoms with van der Waals surface area (Å²) in [7, 11) is -2.64. The molecule has 0 atom stereocenters. The van der Waals surface area contributed by atoms with E-state index in [4.69, 9.17) is 23.7 Å². The molecule has 0 radical (unpaired) electrons. The molecule has 0 aliphatic carbocycles. The molecule has 2 heterocycles. The third kappa shape index (κ3) is 6.94. The van der Waals surface area contributed by atoms with Crippen molar-refractivity contribution in [1.29, 1.82) is 0 Å². The summed E-state index contributed by atoms with van der Waals surface area (Å²) in [5.41, 5.74) is 4.51. The van der Waals surface area contributed by atoms with E-state index in [2.05, 4.69) is 31.2 Å². The number of nitrogens with zero attached hydrogens (tertiary/aromatic N) is 1. The van der Waals surface area contributed by atoms with Crippen LogP contribution >= 0.6 is 0 Å². The average Bonchev–Trinajstić information content (AvgIpc) is 3.00. The van der Waals surface area contributed by atoms with Crippen LogP contribution in [0.1, 0.15) is 56.6 Å². The molecule has 4 rings (SSSR count). The summed E-state index contributed by atoms with van der Waals surface area (Å²) in [6.45, 7) is 8.57. The normalized spacial score (nSPS) is 18.4. The third-order valence-electron chi connectivity index (χ3n) is 8.10. The Balaban J connectivity index is 1.42. The molecule has 9 nitrogen and oxygen atoms in total. The number of piperidine rings is 1. The number of carbonyl (C=O) groups is 1. The van der Waals surface area contributed by atoms with Gasteiger partial charge in [-0.25, -0.2) is 12.7 Å². The van der Waals surface area contributed by atoms with E-state index >= 15 is 0 Å². The zero-order valence-corrected chi connectivity index (χ0v) is 25.4. The molecule has 0 spiro atoms. The predicted octanol–water partition coefficient (Wildman–Crippen LogP) is 4.67. The second kappa shape index (κ2) is 14.1. The number of hydrogen-bond donors (Lipinski definition) is 0. The zero-order chi connectivity index (χ0) is 29.5. The zero-order valence-electron chi connectivity index (χ0n) is 24.6. The standard InChI is InChI=1S/C31H43NO8S/c1-5-38-29(39-6-2)22-40-27-9-7-8-26(21-27)28-11-10-25(20-23(28)3)24-12-16-32(17-13-24)41(34,35)31(30(33)36-4)14-18-37-19-15-31/h7-11,20-21,24,29H,5-6,12-19,22H2,1-4H3. The number of hydrogen-bond acceptors (Lipinski definition) is 8. The first-order valence-corrected chi connectivity index (χ1v) is 15.9. The highest BCUT2D eigenvalue weighted by molar-refractivity contribution is 7.91. The summed E-state index contributed by atoms with van der Waals surface area (Å²) in [6.07, 6.45) is 1.22. The maximum absolute atomic E-state index is 13.7. The van der Waals surface area contributed by atoms with Gasteiger partial charge in [0.1, 0.15) is 12.4 Å². The van der Waals surface area contributed by atoms with Crippen LogP contribution in [0.25, 0.3) is 11.1 Å². The topological polar surface area (TPSA) is 101 Å². The van der Waals surface area contributed by atoms with Crippen LogP contribution in [0.2, 0.25) is 0 Å². The molecule has 0 amide bonds. The van der Waals surface area contributed by atoms with Crippen molar-refractivity contribution in [2.24, 2.45) is 0 Å². The summed E-state index contributed by atoms with van der Waals surface area (Å²) >= 11 is 0. The molecule has 0 bridgehead atoms. The third-order valence-corrected chi connectivity index (χ3v) is 10.7. The van der Waals surface area contributed by atoms with E-state index < -0.39 is 27.0 Å². The van der Waals surface area contributed by atoms with Gasteiger partial charge in [0.05, 0.1) is 7.11 Å². The van der Waals surface area contributed by atoms with Crippen LogP contribution in [0.5, 0.6) is 5.75 Å². The molecule has 2 aromatic rings. The average molecular weight is 590 g/mol. The highest BCUT2D eigenvalue weighted by Gasteiger charge is 2.55. The van der Waals surface area contributed by atoms with Gasteiger partial charge in [-0.1, -0.05) is 30.3 Å². The fraction of sp³-hybridized carbons (Fsp3) is 0.581. The molecule has 41 heavy (non-hydrogen) atoms. The van der Waals surface area contributed by atoms with Crippen molar-refractivity contribution in [3.63, 3.8) is 0 Å². The van der Waals surface area contributed by atoms with Crippen LogP contribution in [-0.4, -0.2) is 83.0 Å². The first-order valence-electron chi connectivity index (χ1n) is 14.5. The van der Waals surface area contributed by atoms with Gasteiger partial charge in [0, 0.05) is 52.4 Å². The Morgan fingerprint density at radius 1 is 1.05 bits per heavy atom. The first kappa shape index (κ1) is 31.4. The first-order chi connectivity index (χ1) is 19.8. The van der Waals surface area contributed by atoms with E-state index in [0.717, 1.165) is 22.4 Å². The Bertz CT molecular complexity index is 1260. The van der Waals surface area contributed by atoms with E-state index in [-0.39, 0.29) is 32.0 Å². The molecular formula is C31H43NO8S. The largest absolute Gasteiger partial charge is 0.488 e. The van der Waals surface area contributed by atoms with Crippen molar-refractivity contribution < 1.29 is 36.9 Å². The second-order valence-corrected chi connectivity index (χ2v) is 12.8. The lowest BCUT2D eigenvalue weighted by Gasteiger charge is -2.40. The summed E-state index contributed by atoms with van der Waals surface area (Å²) in [5.74, 6) is 0.298. The fourth-order valence-corrected chi connectivity index (χ4v) is 7.99. The van der Waals surface area contributed by atoms with Gasteiger partial charge in [-0.15, -0.1) is 0 Å². The number of aryl methyl sites for hydroxylation is 1. The second-order valence-electron chi connectivity index (χ2n) is 10.5. The number of sulfonamides is 1. The molecule has 2 aromatic carbocycles. The Kier molecular flexibility index (Phi) is 10.8. The van der Waals surface area contributed by atoms with Gasteiger partial charge in [-0.05, 0) is 73.9 Å². The number of rotatable bonds is 12. The SMILES string of the molecule is CCOC(COc1cccc(-c2ccc(C3CCN(S(=O)(=O)C4(C(=O)OC)CCOCC4)CC3)cc2C)c1)OCC. The van der Waals surface area contributed by atoms with Gasteiger partial charge < -0.3 is 23.7 Å². The van der Waals surface area contributed by atoms with Crippen LogP contribution in [0.3, 0.4) is 0 Å². The lowest BCUT2D eigenvalue weighted by molar-refractivity contribution is -0.152. The smallest absolute Gasteiger partial charge is 0.328 e. The van der Waals surface area contributed by atoms with Crippen molar-refractivity contribution in [3.8, 4) is 16.9 Å². The Morgan fingerprint density at radius 2 is 1.73 bits per heavy atom. The van der Waals surface area contributed by atoms with Crippen molar-refractivity contribution in [2.45, 2.75) is 63.4 Å². The molecule has 0 unspecified atom stereocenters. The summed E-state index contributed by atoms with van der Waals surface area (Å²) in [5, 5.41) is 0. The van der Waals surface area contributed by atoms with Gasteiger partial charge in [-0.3, -0.25) is 4.79 Å². The van der Waals surface area contributed by atoms with E-state index in [9.17, 15) is 13.2 Å². The minimum Gasteiger partial charge on any atom is -0.488 e. The number of ether oxygens (including phenoxy) is 5. The van der Waals surface area contributed by atoms with Crippen LogP contribution in [0.4, 0.5) is 0 Å². The number of methoxy groups -OCH3 is 1. The Hall–Kier alpha value is -2.50. The lowest BCUT2D eigenvalue weighted by Crippen LogP contribution is -2.57. The van der Waals surface area contributed by atoms with E-state index in [1.54, 1.807) is 0 Å². The van der Waals surface area contributed by atoms with Gasteiger partial charge in [0.2, 0.25) is 10.0 Å². The minimum atomic E-state index is -3.88. The molecule has 0 saturated carbocycles. The van der Waals surface area contributed by atoms with Crippen molar-refractivity contribution in [3.05, 3.63) is 53.6 Å². The summed E-state index contributed by atoms with van der Waals surface area (Å²) in [6, 6.07) is 14.5. The molecule has 0 aromatic heterocycles. The molecule has 226 valence electrons. The highest BCUT2D eigenvalue weighted by atomic mass is 32.2. The molecule has 2 saturated heterocycles. The van der Waals surface area contributed by atoms with Gasteiger partial charge in [-0.2, -0.15) is 0 Å².